The summed E-state index contributed by atoms with van der Waals surface area (Å²) in [5.74, 6) is 1.30. The van der Waals surface area contributed by atoms with Gasteiger partial charge in [0, 0.05) is 11.6 Å². The third-order valence-electron chi connectivity index (χ3n) is 2.18. The van der Waals surface area contributed by atoms with Gasteiger partial charge in [-0.3, -0.25) is 0 Å². The van der Waals surface area contributed by atoms with Crippen LogP contribution >= 0.6 is 0 Å². The molecule has 0 fully saturated rings. The molecule has 1 N–H and O–H groups in total. The smallest absolute Gasteiger partial charge is 0.213 e. The Kier molecular flexibility index (Phi) is 4.37. The first-order valence-electron chi connectivity index (χ1n) is 4.92. The summed E-state index contributed by atoms with van der Waals surface area (Å²) >= 11 is 0. The first kappa shape index (κ1) is 11.8. The van der Waals surface area contributed by atoms with Gasteiger partial charge in [0.15, 0.2) is 0 Å². The number of aryl methyl sites for hydroxylation is 1. The summed E-state index contributed by atoms with van der Waals surface area (Å²) < 4.78 is 10.2. The van der Waals surface area contributed by atoms with Crippen molar-refractivity contribution in [2.24, 2.45) is 0 Å². The largest absolute Gasteiger partial charge is 0.495 e. The lowest BCUT2D eigenvalue weighted by molar-refractivity contribution is 0.184. The first-order chi connectivity index (χ1) is 7.17. The van der Waals surface area contributed by atoms with Crippen molar-refractivity contribution in [3.63, 3.8) is 0 Å². The zero-order valence-electron chi connectivity index (χ0n) is 9.36. The molecule has 0 spiro atoms. The van der Waals surface area contributed by atoms with Crippen LogP contribution in [-0.4, -0.2) is 30.4 Å². The highest BCUT2D eigenvalue weighted by atomic mass is 16.5. The van der Waals surface area contributed by atoms with Crippen LogP contribution in [0.4, 0.5) is 0 Å². The van der Waals surface area contributed by atoms with E-state index in [0.717, 1.165) is 17.7 Å². The minimum absolute atomic E-state index is 0.311. The maximum absolute atomic E-state index is 9.22. The molecule has 0 aliphatic rings. The monoisotopic (exact) mass is 211 g/mol. The molecule has 0 amide bonds. The number of pyridine rings is 1. The van der Waals surface area contributed by atoms with Crippen LogP contribution < -0.4 is 9.47 Å². The fourth-order valence-electron chi connectivity index (χ4n) is 1.32. The van der Waals surface area contributed by atoms with Crippen molar-refractivity contribution in [2.45, 2.75) is 25.9 Å². The fourth-order valence-corrected chi connectivity index (χ4v) is 1.32. The molecule has 84 valence electrons. The lowest BCUT2D eigenvalue weighted by atomic mass is 10.1. The molecular formula is C11H17NO3. The summed E-state index contributed by atoms with van der Waals surface area (Å²) in [6, 6.07) is 1.83. The molecule has 1 atom stereocenters. The van der Waals surface area contributed by atoms with E-state index in [1.807, 2.05) is 6.07 Å². The highest BCUT2D eigenvalue weighted by Crippen LogP contribution is 2.22. The van der Waals surface area contributed by atoms with Crippen LogP contribution in [0.2, 0.25) is 0 Å². The molecule has 1 aromatic heterocycles. The molecule has 15 heavy (non-hydrogen) atoms. The first-order valence-corrected chi connectivity index (χ1v) is 4.92. The number of methoxy groups -OCH3 is 2. The number of nitrogens with zero attached hydrogens (tertiary/aromatic N) is 1. The minimum atomic E-state index is -0.311. The normalized spacial score (nSPS) is 12.3. The third-order valence-corrected chi connectivity index (χ3v) is 2.18. The quantitative estimate of drug-likeness (QED) is 0.800. The molecule has 0 radical (unpaired) electrons. The molecule has 4 nitrogen and oxygen atoms in total. The lowest BCUT2D eigenvalue weighted by Gasteiger charge is -2.10. The van der Waals surface area contributed by atoms with E-state index in [0.29, 0.717) is 12.3 Å². The molecule has 1 rings (SSSR count). The van der Waals surface area contributed by atoms with Gasteiger partial charge in [0.05, 0.1) is 26.5 Å². The summed E-state index contributed by atoms with van der Waals surface area (Å²) in [6.07, 6.45) is 2.77. The second kappa shape index (κ2) is 5.56. The van der Waals surface area contributed by atoms with E-state index in [-0.39, 0.29) is 6.10 Å². The predicted molar refractivity (Wildman–Crippen MR) is 57.3 cm³/mol. The Labute approximate surface area is 89.9 Å². The highest BCUT2D eigenvalue weighted by molar-refractivity contribution is 5.34. The number of hydrogen-bond donors (Lipinski definition) is 1. The second-order valence-corrected chi connectivity index (χ2v) is 3.43. The molecule has 4 heteroatoms. The van der Waals surface area contributed by atoms with E-state index in [9.17, 15) is 5.11 Å². The minimum Gasteiger partial charge on any atom is -0.495 e. The number of aliphatic hydroxyl groups excluding tert-OH is 1. The molecule has 1 aromatic rings. The van der Waals surface area contributed by atoms with Crippen molar-refractivity contribution >= 4 is 0 Å². The summed E-state index contributed by atoms with van der Waals surface area (Å²) in [5.41, 5.74) is 1.00. The van der Waals surface area contributed by atoms with Crippen molar-refractivity contribution in [3.8, 4) is 11.6 Å². The Bertz CT molecular complexity index is 313. The molecule has 0 bridgehead atoms. The van der Waals surface area contributed by atoms with E-state index >= 15 is 0 Å². The van der Waals surface area contributed by atoms with Crippen LogP contribution in [0.1, 0.15) is 18.9 Å². The standard InChI is InChI=1S/C11H17NO3/c1-8(13)4-5-9-6-11(15-3)12-7-10(9)14-2/h6-8,13H,4-5H2,1-3H3/t8-/m1/s1. The Morgan fingerprint density at radius 1 is 1.40 bits per heavy atom. The molecule has 0 saturated carbocycles. The van der Waals surface area contributed by atoms with E-state index in [2.05, 4.69) is 4.98 Å². The highest BCUT2D eigenvalue weighted by Gasteiger charge is 2.07. The van der Waals surface area contributed by atoms with Gasteiger partial charge < -0.3 is 14.6 Å². The van der Waals surface area contributed by atoms with Gasteiger partial charge >= 0.3 is 0 Å². The van der Waals surface area contributed by atoms with Crippen LogP contribution in [0.5, 0.6) is 11.6 Å². The number of aliphatic hydroxyl groups is 1. The summed E-state index contributed by atoms with van der Waals surface area (Å²) in [6.45, 7) is 1.77. The predicted octanol–water partition coefficient (Wildman–Crippen LogP) is 1.41. The fraction of sp³-hybridized carbons (Fsp3) is 0.545. The van der Waals surface area contributed by atoms with Crippen molar-refractivity contribution in [1.29, 1.82) is 0 Å². The topological polar surface area (TPSA) is 51.6 Å². The molecular weight excluding hydrogens is 194 g/mol. The Hall–Kier alpha value is -1.29. The summed E-state index contributed by atoms with van der Waals surface area (Å²) in [5, 5.41) is 9.22. The van der Waals surface area contributed by atoms with E-state index in [4.69, 9.17) is 9.47 Å². The average molecular weight is 211 g/mol. The van der Waals surface area contributed by atoms with Gasteiger partial charge in [-0.1, -0.05) is 0 Å². The average Bonchev–Trinajstić information content (AvgIpc) is 2.25. The van der Waals surface area contributed by atoms with Crippen LogP contribution in [0.25, 0.3) is 0 Å². The maximum Gasteiger partial charge on any atom is 0.213 e. The van der Waals surface area contributed by atoms with Crippen LogP contribution in [0, 0.1) is 0 Å². The van der Waals surface area contributed by atoms with Gasteiger partial charge in [-0.05, 0) is 19.8 Å². The molecule has 0 unspecified atom stereocenters. The van der Waals surface area contributed by atoms with Crippen LogP contribution in [0.3, 0.4) is 0 Å². The molecule has 0 aromatic carbocycles. The van der Waals surface area contributed by atoms with Crippen LogP contribution in [-0.2, 0) is 6.42 Å². The molecule has 0 saturated heterocycles. The molecule has 0 aliphatic carbocycles. The Morgan fingerprint density at radius 3 is 2.67 bits per heavy atom. The Morgan fingerprint density at radius 2 is 2.13 bits per heavy atom. The van der Waals surface area contributed by atoms with Crippen molar-refractivity contribution in [3.05, 3.63) is 17.8 Å². The van der Waals surface area contributed by atoms with Crippen LogP contribution in [0.15, 0.2) is 12.3 Å². The number of aromatic nitrogens is 1. The van der Waals surface area contributed by atoms with Gasteiger partial charge in [-0.2, -0.15) is 0 Å². The lowest BCUT2D eigenvalue weighted by Crippen LogP contribution is -2.03. The van der Waals surface area contributed by atoms with Crippen molar-refractivity contribution in [2.75, 3.05) is 14.2 Å². The summed E-state index contributed by atoms with van der Waals surface area (Å²) in [4.78, 5) is 4.05. The zero-order valence-corrected chi connectivity index (χ0v) is 9.36. The second-order valence-electron chi connectivity index (χ2n) is 3.43. The van der Waals surface area contributed by atoms with Gasteiger partial charge in [0.2, 0.25) is 5.88 Å². The number of ether oxygens (including phenoxy) is 2. The van der Waals surface area contributed by atoms with Gasteiger partial charge in [0.1, 0.15) is 5.75 Å². The zero-order chi connectivity index (χ0) is 11.3. The number of hydrogen-bond acceptors (Lipinski definition) is 4. The SMILES string of the molecule is COc1cc(CC[C@@H](C)O)c(OC)cn1. The van der Waals surface area contributed by atoms with Gasteiger partial charge in [-0.25, -0.2) is 4.98 Å². The van der Waals surface area contributed by atoms with Gasteiger partial charge in [-0.15, -0.1) is 0 Å². The summed E-state index contributed by atoms with van der Waals surface area (Å²) in [7, 11) is 3.18. The molecule has 0 aliphatic heterocycles. The van der Waals surface area contributed by atoms with Gasteiger partial charge in [0.25, 0.3) is 0 Å². The van der Waals surface area contributed by atoms with E-state index in [1.165, 1.54) is 0 Å². The molecule has 1 heterocycles. The third kappa shape index (κ3) is 3.40. The van der Waals surface area contributed by atoms with Crippen molar-refractivity contribution in [1.82, 2.24) is 4.98 Å². The van der Waals surface area contributed by atoms with E-state index in [1.54, 1.807) is 27.3 Å². The Balaban J connectivity index is 2.81. The number of rotatable bonds is 5. The van der Waals surface area contributed by atoms with Crippen molar-refractivity contribution < 1.29 is 14.6 Å². The van der Waals surface area contributed by atoms with E-state index < -0.39 is 0 Å². The maximum atomic E-state index is 9.22.